The van der Waals surface area contributed by atoms with E-state index in [0.29, 0.717) is 57.3 Å². The number of carbonyl (C=O) groups is 4. The fourth-order valence-corrected chi connectivity index (χ4v) is 16.7. The second-order valence-electron chi connectivity index (χ2n) is 26.8. The van der Waals surface area contributed by atoms with Crippen molar-refractivity contribution in [1.82, 2.24) is 0 Å². The number of hydrogen-bond donors (Lipinski definition) is 0. The summed E-state index contributed by atoms with van der Waals surface area (Å²) in [5.41, 5.74) is 4.67. The van der Waals surface area contributed by atoms with Gasteiger partial charge in [0.05, 0.1) is 6.92 Å². The van der Waals surface area contributed by atoms with Gasteiger partial charge >= 0.3 is 94.5 Å². The van der Waals surface area contributed by atoms with Gasteiger partial charge in [-0.15, -0.1) is 12.6 Å². The third kappa shape index (κ3) is 20.5. The molecular weight excluding hydrogens is 1350 g/mol. The second-order valence-corrected chi connectivity index (χ2v) is 33.3. The van der Waals surface area contributed by atoms with E-state index in [2.05, 4.69) is 180 Å². The number of halogens is 7. The van der Waals surface area contributed by atoms with Crippen molar-refractivity contribution in [3.63, 3.8) is 0 Å². The fraction of sp³-hybridized carbons (Fsp3) is 0.538. The minimum absolute atomic E-state index is 0. The van der Waals surface area contributed by atoms with E-state index in [1.807, 2.05) is 0 Å². The van der Waals surface area contributed by atoms with E-state index in [1.54, 1.807) is 0 Å². The average Bonchev–Trinajstić information content (AvgIpc) is 2.44. The number of ketones is 2. The van der Waals surface area contributed by atoms with Gasteiger partial charge in [0.2, 0.25) is 5.97 Å². The van der Waals surface area contributed by atoms with Gasteiger partial charge in [-0.2, -0.15) is 8.78 Å². The molecule has 8 aliphatic rings. The average molecular weight is 1430 g/mol. The number of rotatable bonds is 9. The van der Waals surface area contributed by atoms with Crippen LogP contribution in [0.3, 0.4) is 0 Å². The molecule has 8 fully saturated rings. The van der Waals surface area contributed by atoms with E-state index >= 15 is 0 Å². The molecular formula is C65H80ClF4I2NaO9S+2. The fourth-order valence-electron chi connectivity index (χ4n) is 12.4. The molecule has 9 nitrogen and oxygen atoms in total. The van der Waals surface area contributed by atoms with Gasteiger partial charge in [0, 0.05) is 42.6 Å². The van der Waals surface area contributed by atoms with Crippen molar-refractivity contribution in [1.29, 1.82) is 0 Å². The predicted octanol–water partition coefficient (Wildman–Crippen LogP) is 2.08. The molecule has 0 radical (unpaired) electrons. The first kappa shape index (κ1) is 72.5. The summed E-state index contributed by atoms with van der Waals surface area (Å²) in [6.07, 6.45) is 4.15. The van der Waals surface area contributed by atoms with Crippen LogP contribution in [0.1, 0.15) is 170 Å². The molecule has 0 saturated heterocycles. The molecule has 448 valence electrons. The van der Waals surface area contributed by atoms with Gasteiger partial charge < -0.3 is 30.7 Å². The van der Waals surface area contributed by atoms with Crippen LogP contribution >= 0.6 is 0 Å². The SMILES string of the molecule is CC(C)(C)c1ccc([I+]c2ccc(C(C)(C)C)cc2)cc1.CC(F)(F)C(=O)OC12CC3CC(C1)C(=O)C(C3)C2.O=C(OC12CC3CC(C1)C(=O)C(C3)C2)[C-](F)F.O=S(=O)=O.[CH2+]C(C)(C)c1ccc([I+]c2ccc(C(C)(C)C)cc2)cc1.[Cl-].[Na+]. The molecule has 18 heteroatoms. The first-order valence-corrected chi connectivity index (χ1v) is 33.1. The minimum Gasteiger partial charge on any atom is -1.00 e. The predicted molar refractivity (Wildman–Crippen MR) is 296 cm³/mol. The topological polar surface area (TPSA) is 138 Å². The third-order valence-corrected chi connectivity index (χ3v) is 21.6. The quantitative estimate of drug-likeness (QED) is 0.0812. The summed E-state index contributed by atoms with van der Waals surface area (Å²) >= 11 is -0.161. The summed E-state index contributed by atoms with van der Waals surface area (Å²) in [4.78, 5) is 46.1. The Balaban J connectivity index is 0.000000231. The Bertz CT molecular complexity index is 2700. The van der Waals surface area contributed by atoms with Gasteiger partial charge in [0.15, 0.2) is 14.3 Å². The minimum atomic E-state index is -3.45. The van der Waals surface area contributed by atoms with Crippen LogP contribution < -0.4 is 84.4 Å². The van der Waals surface area contributed by atoms with Crippen LogP contribution in [0.25, 0.3) is 0 Å². The Labute approximate surface area is 540 Å². The van der Waals surface area contributed by atoms with Crippen LogP contribution in [0.5, 0.6) is 0 Å². The largest absolute Gasteiger partial charge is 1.00 e. The number of alkyl halides is 2. The zero-order valence-corrected chi connectivity index (χ0v) is 58.1. The summed E-state index contributed by atoms with van der Waals surface area (Å²) in [5, 5.41) is 0. The number of hydrogen-bond acceptors (Lipinski definition) is 9. The number of esters is 2. The van der Waals surface area contributed by atoms with Crippen LogP contribution in [0.15, 0.2) is 97.1 Å². The van der Waals surface area contributed by atoms with Gasteiger partial charge in [0.1, 0.15) is 28.2 Å². The first-order chi connectivity index (χ1) is 37.3. The maximum Gasteiger partial charge on any atom is 1.00 e. The van der Waals surface area contributed by atoms with Crippen LogP contribution in [-0.2, 0) is 60.9 Å². The van der Waals surface area contributed by atoms with E-state index in [4.69, 9.17) is 22.1 Å². The molecule has 4 aromatic rings. The summed E-state index contributed by atoms with van der Waals surface area (Å²) in [5.74, 6) is -5.49. The summed E-state index contributed by atoms with van der Waals surface area (Å²) < 4.78 is 91.6. The summed E-state index contributed by atoms with van der Waals surface area (Å²) in [6, 6.07) is 36.6. The maximum absolute atomic E-state index is 12.9. The van der Waals surface area contributed by atoms with E-state index < -0.39 is 46.1 Å². The molecule has 0 aromatic heterocycles. The Morgan fingerprint density at radius 2 is 0.759 bits per heavy atom. The van der Waals surface area contributed by atoms with Crippen molar-refractivity contribution in [2.75, 3.05) is 0 Å². The molecule has 8 bridgehead atoms. The summed E-state index contributed by atoms with van der Waals surface area (Å²) in [7, 11) is -3.11. The molecule has 0 amide bonds. The van der Waals surface area contributed by atoms with Crippen LogP contribution in [0.2, 0.25) is 0 Å². The van der Waals surface area contributed by atoms with Crippen molar-refractivity contribution < 1.29 is 143 Å². The molecule has 8 saturated carbocycles. The Morgan fingerprint density at radius 1 is 0.506 bits per heavy atom. The second kappa shape index (κ2) is 28.9. The number of ether oxygens (including phenoxy) is 2. The summed E-state index contributed by atoms with van der Waals surface area (Å²) in [6.45, 7) is 29.4. The van der Waals surface area contributed by atoms with Crippen molar-refractivity contribution in [3.05, 3.63) is 147 Å². The first-order valence-electron chi connectivity index (χ1n) is 27.8. The van der Waals surface area contributed by atoms with E-state index in [9.17, 15) is 36.7 Å². The van der Waals surface area contributed by atoms with Crippen LogP contribution in [-0.4, -0.2) is 53.3 Å². The van der Waals surface area contributed by atoms with Gasteiger partial charge in [-0.25, -0.2) is 4.79 Å². The molecule has 0 spiro atoms. The Hall–Kier alpha value is -3.01. The van der Waals surface area contributed by atoms with E-state index in [1.165, 1.54) is 36.5 Å². The molecule has 0 N–H and O–H groups in total. The Kier molecular flexibility index (Phi) is 25.2. The molecule has 12 rings (SSSR count). The smallest absolute Gasteiger partial charge is 1.00 e. The third-order valence-electron chi connectivity index (χ3n) is 16.2. The molecule has 0 heterocycles. The van der Waals surface area contributed by atoms with Crippen molar-refractivity contribution in [2.45, 2.75) is 186 Å². The number of benzene rings is 4. The zero-order chi connectivity index (χ0) is 60.3. The van der Waals surface area contributed by atoms with Crippen LogP contribution in [0, 0.1) is 63.1 Å². The number of carbonyl (C=O) groups excluding carboxylic acids is 4. The van der Waals surface area contributed by atoms with E-state index in [0.717, 1.165) is 25.7 Å². The zero-order valence-electron chi connectivity index (χ0n) is 50.2. The molecule has 83 heavy (non-hydrogen) atoms. The monoisotopic (exact) mass is 1420 g/mol. The van der Waals surface area contributed by atoms with Crippen molar-refractivity contribution in [3.8, 4) is 0 Å². The molecule has 4 aromatic carbocycles. The van der Waals surface area contributed by atoms with Gasteiger partial charge in [-0.05, 0) is 183 Å². The van der Waals surface area contributed by atoms with Gasteiger partial charge in [0.25, 0.3) is 0 Å². The molecule has 4 atom stereocenters. The van der Waals surface area contributed by atoms with Crippen molar-refractivity contribution in [2.24, 2.45) is 35.5 Å². The Morgan fingerprint density at radius 3 is 0.988 bits per heavy atom. The molecule has 8 aliphatic carbocycles. The van der Waals surface area contributed by atoms with Crippen molar-refractivity contribution >= 4 is 34.1 Å². The maximum atomic E-state index is 12.9. The van der Waals surface area contributed by atoms with Gasteiger partial charge in [-0.3, -0.25) is 14.4 Å². The standard InChI is InChI=1S/C20H26I.C20H25I.C13H16F2O3.C12H13F2O3.ClH.Na.O3S/c2*1-19(2,3)15-7-11-17(12-8-15)21-18-13-9-16(10-14-18)20(4,5)6;1-12(14,15)11(17)18-13-4-7-2-8(5-13)10(16)9(3-7)6-13;13-10(14)11(16)17-12-3-6-1-7(4-12)9(15)8(2-6)5-12;;;1-4(2)3/h7-14H,1-6H3;7-14H,1H2,2-6H3;7-9H,2-6H2,1H3;6-8H,1-5H2;1H;;/q+1;+2;;-1;;+1;/p-1. The molecule has 4 unspecified atom stereocenters. The van der Waals surface area contributed by atoms with E-state index in [-0.39, 0.29) is 141 Å². The number of Topliss-reactive ketones (excluding diaryl/α,β-unsaturated/α-hetero) is 2. The van der Waals surface area contributed by atoms with Crippen LogP contribution in [0.4, 0.5) is 17.6 Å². The molecule has 0 aliphatic heterocycles. The van der Waals surface area contributed by atoms with Gasteiger partial charge in [-0.1, -0.05) is 98.7 Å². The normalized spacial score (nSPS) is 24.5.